The molecule has 1 aliphatic heterocycles. The summed E-state index contributed by atoms with van der Waals surface area (Å²) in [5, 5.41) is 5.24. The summed E-state index contributed by atoms with van der Waals surface area (Å²) < 4.78 is 38.3. The molecule has 3 amide bonds. The van der Waals surface area contributed by atoms with Crippen LogP contribution in [0.25, 0.3) is 0 Å². The number of amides is 3. The van der Waals surface area contributed by atoms with E-state index in [2.05, 4.69) is 15.6 Å². The maximum atomic E-state index is 13.1. The molecule has 0 saturated heterocycles. The topological polar surface area (TPSA) is 114 Å². The lowest BCUT2D eigenvalue weighted by Crippen LogP contribution is -2.45. The minimum absolute atomic E-state index is 0.0655. The Morgan fingerprint density at radius 1 is 1.11 bits per heavy atom. The first-order valence-electron chi connectivity index (χ1n) is 11.2. The highest BCUT2D eigenvalue weighted by Gasteiger charge is 2.34. The van der Waals surface area contributed by atoms with E-state index in [0.29, 0.717) is 22.5 Å². The Bertz CT molecular complexity index is 1130. The Balaban J connectivity index is 1.99. The van der Waals surface area contributed by atoms with Crippen LogP contribution in [0.5, 0.6) is 0 Å². The SMILES string of the molecule is CC(C)c1cccc2c1NC(=O)C(NC(=O)C(CCC(F)(F)F)CC(N)=O)N=C2c1ccccc1. The minimum Gasteiger partial charge on any atom is -0.370 e. The van der Waals surface area contributed by atoms with Gasteiger partial charge in [0, 0.05) is 29.9 Å². The normalized spacial score (nSPS) is 16.6. The number of benzodiazepines with no additional fused rings is 1. The van der Waals surface area contributed by atoms with E-state index in [1.165, 1.54) is 0 Å². The zero-order valence-corrected chi connectivity index (χ0v) is 19.4. The van der Waals surface area contributed by atoms with Crippen molar-refractivity contribution >= 4 is 29.1 Å². The van der Waals surface area contributed by atoms with E-state index in [0.717, 1.165) is 5.56 Å². The molecule has 186 valence electrons. The quantitative estimate of drug-likeness (QED) is 0.524. The van der Waals surface area contributed by atoms with E-state index < -0.39 is 55.2 Å². The summed E-state index contributed by atoms with van der Waals surface area (Å²) >= 11 is 0. The third kappa shape index (κ3) is 6.68. The van der Waals surface area contributed by atoms with Crippen LogP contribution >= 0.6 is 0 Å². The lowest BCUT2D eigenvalue weighted by atomic mass is 9.93. The largest absolute Gasteiger partial charge is 0.389 e. The van der Waals surface area contributed by atoms with Crippen LogP contribution in [0, 0.1) is 5.92 Å². The Labute approximate surface area is 201 Å². The summed E-state index contributed by atoms with van der Waals surface area (Å²) in [6, 6.07) is 14.6. The van der Waals surface area contributed by atoms with Crippen LogP contribution in [-0.4, -0.2) is 35.8 Å². The van der Waals surface area contributed by atoms with Gasteiger partial charge in [-0.2, -0.15) is 13.2 Å². The third-order valence-corrected chi connectivity index (χ3v) is 5.65. The van der Waals surface area contributed by atoms with Gasteiger partial charge in [-0.3, -0.25) is 14.4 Å². The van der Waals surface area contributed by atoms with Gasteiger partial charge in [0.05, 0.1) is 11.4 Å². The summed E-state index contributed by atoms with van der Waals surface area (Å²) in [6.07, 6.45) is -8.42. The number of hydrogen-bond donors (Lipinski definition) is 3. The molecule has 4 N–H and O–H groups in total. The van der Waals surface area contributed by atoms with Crippen molar-refractivity contribution in [3.8, 4) is 0 Å². The molecular formula is C25H27F3N4O3. The van der Waals surface area contributed by atoms with Crippen molar-refractivity contribution < 1.29 is 27.6 Å². The monoisotopic (exact) mass is 488 g/mol. The number of hydrogen-bond acceptors (Lipinski definition) is 4. The van der Waals surface area contributed by atoms with Crippen molar-refractivity contribution in [2.75, 3.05) is 5.32 Å². The molecule has 2 aromatic rings. The van der Waals surface area contributed by atoms with Crippen LogP contribution in [0.15, 0.2) is 53.5 Å². The van der Waals surface area contributed by atoms with E-state index in [1.54, 1.807) is 30.3 Å². The summed E-state index contributed by atoms with van der Waals surface area (Å²) in [5.41, 5.74) is 8.35. The van der Waals surface area contributed by atoms with Gasteiger partial charge in [-0.25, -0.2) is 4.99 Å². The molecule has 1 heterocycles. The second-order valence-electron chi connectivity index (χ2n) is 8.69. The maximum Gasteiger partial charge on any atom is 0.389 e. The maximum absolute atomic E-state index is 13.1. The number of halogens is 3. The van der Waals surface area contributed by atoms with Gasteiger partial charge in [0.25, 0.3) is 5.91 Å². The van der Waals surface area contributed by atoms with Gasteiger partial charge < -0.3 is 16.4 Å². The Morgan fingerprint density at radius 3 is 2.40 bits per heavy atom. The van der Waals surface area contributed by atoms with Crippen molar-refractivity contribution in [1.29, 1.82) is 0 Å². The lowest BCUT2D eigenvalue weighted by molar-refractivity contribution is -0.143. The highest BCUT2D eigenvalue weighted by molar-refractivity contribution is 6.20. The van der Waals surface area contributed by atoms with Gasteiger partial charge >= 0.3 is 6.18 Å². The van der Waals surface area contributed by atoms with E-state index in [-0.39, 0.29) is 5.92 Å². The molecule has 2 atom stereocenters. The number of fused-ring (bicyclic) bond motifs is 1. The van der Waals surface area contributed by atoms with Crippen LogP contribution in [0.3, 0.4) is 0 Å². The van der Waals surface area contributed by atoms with Crippen molar-refractivity contribution in [2.24, 2.45) is 16.6 Å². The minimum atomic E-state index is -4.51. The molecule has 35 heavy (non-hydrogen) atoms. The van der Waals surface area contributed by atoms with Gasteiger partial charge in [0.2, 0.25) is 18.0 Å². The lowest BCUT2D eigenvalue weighted by Gasteiger charge is -2.20. The Morgan fingerprint density at radius 2 is 1.80 bits per heavy atom. The molecule has 10 heteroatoms. The average Bonchev–Trinajstić information content (AvgIpc) is 2.92. The number of aliphatic imine (C=N–C) groups is 1. The van der Waals surface area contributed by atoms with Crippen molar-refractivity contribution in [1.82, 2.24) is 5.32 Å². The van der Waals surface area contributed by atoms with E-state index in [9.17, 15) is 27.6 Å². The Hall–Kier alpha value is -3.69. The van der Waals surface area contributed by atoms with Crippen molar-refractivity contribution in [2.45, 2.75) is 51.4 Å². The van der Waals surface area contributed by atoms with E-state index in [1.807, 2.05) is 32.0 Å². The van der Waals surface area contributed by atoms with Gasteiger partial charge in [-0.1, -0.05) is 62.4 Å². The summed E-state index contributed by atoms with van der Waals surface area (Å²) in [6.45, 7) is 3.95. The third-order valence-electron chi connectivity index (χ3n) is 5.65. The molecule has 0 radical (unpaired) electrons. The molecule has 3 rings (SSSR count). The fourth-order valence-electron chi connectivity index (χ4n) is 3.92. The number of nitrogens with zero attached hydrogens (tertiary/aromatic N) is 1. The van der Waals surface area contributed by atoms with Crippen LogP contribution in [0.2, 0.25) is 0 Å². The number of anilines is 1. The highest BCUT2D eigenvalue weighted by Crippen LogP contribution is 2.32. The standard InChI is InChI=1S/C25H27F3N4O3/c1-14(2)17-9-6-10-18-20(15-7-4-3-5-8-15)30-22(24(35)31-21(17)18)32-23(34)16(13-19(29)33)11-12-25(26,27)28/h3-10,14,16,22H,11-13H2,1-2H3,(H2,29,33)(H,31,35)(H,32,34). The molecule has 7 nitrogen and oxygen atoms in total. The molecule has 2 unspecified atom stereocenters. The van der Waals surface area contributed by atoms with E-state index >= 15 is 0 Å². The first kappa shape index (κ1) is 25.9. The number of benzene rings is 2. The van der Waals surface area contributed by atoms with Crippen LogP contribution < -0.4 is 16.4 Å². The molecule has 0 bridgehead atoms. The first-order valence-corrected chi connectivity index (χ1v) is 11.2. The fourth-order valence-corrected chi connectivity index (χ4v) is 3.92. The number of nitrogens with one attached hydrogen (secondary N) is 2. The zero-order valence-electron chi connectivity index (χ0n) is 19.4. The molecule has 0 aromatic heterocycles. The number of nitrogens with two attached hydrogens (primary N) is 1. The first-order chi connectivity index (χ1) is 16.5. The molecule has 0 saturated carbocycles. The molecule has 0 spiro atoms. The molecule has 1 aliphatic rings. The van der Waals surface area contributed by atoms with Gasteiger partial charge in [-0.15, -0.1) is 0 Å². The number of alkyl halides is 3. The fraction of sp³-hybridized carbons (Fsp3) is 0.360. The number of rotatable bonds is 8. The van der Waals surface area contributed by atoms with Crippen molar-refractivity contribution in [3.63, 3.8) is 0 Å². The molecule has 0 fully saturated rings. The van der Waals surface area contributed by atoms with Crippen LogP contribution in [-0.2, 0) is 14.4 Å². The number of carbonyl (C=O) groups is 3. The molecular weight excluding hydrogens is 461 g/mol. The summed E-state index contributed by atoms with van der Waals surface area (Å²) in [7, 11) is 0. The Kier molecular flexibility index (Phi) is 7.93. The second-order valence-corrected chi connectivity index (χ2v) is 8.69. The molecule has 0 aliphatic carbocycles. The highest BCUT2D eigenvalue weighted by atomic mass is 19.4. The van der Waals surface area contributed by atoms with Crippen LogP contribution in [0.1, 0.15) is 55.7 Å². The van der Waals surface area contributed by atoms with Gasteiger partial charge in [0.15, 0.2) is 0 Å². The smallest absolute Gasteiger partial charge is 0.370 e. The average molecular weight is 489 g/mol. The number of primary amides is 1. The summed E-state index contributed by atoms with van der Waals surface area (Å²) in [4.78, 5) is 41.9. The predicted octanol–water partition coefficient (Wildman–Crippen LogP) is 3.88. The summed E-state index contributed by atoms with van der Waals surface area (Å²) in [5.74, 6) is -3.75. The predicted molar refractivity (Wildman–Crippen MR) is 126 cm³/mol. The van der Waals surface area contributed by atoms with Crippen molar-refractivity contribution in [3.05, 3.63) is 65.2 Å². The second kappa shape index (κ2) is 10.7. The molecule has 2 aromatic carbocycles. The van der Waals surface area contributed by atoms with Gasteiger partial charge in [0.1, 0.15) is 0 Å². The zero-order chi connectivity index (χ0) is 25.8. The van der Waals surface area contributed by atoms with Crippen LogP contribution in [0.4, 0.5) is 18.9 Å². The van der Waals surface area contributed by atoms with E-state index in [4.69, 9.17) is 5.73 Å². The number of para-hydroxylation sites is 1. The number of carbonyl (C=O) groups excluding carboxylic acids is 3. The van der Waals surface area contributed by atoms with Gasteiger partial charge in [-0.05, 0) is 17.9 Å².